The Hall–Kier alpha value is -4.53. The van der Waals surface area contributed by atoms with E-state index in [-0.39, 0.29) is 22.6 Å². The van der Waals surface area contributed by atoms with Crippen LogP contribution in [-0.4, -0.2) is 9.38 Å². The maximum atomic E-state index is 14.6. The van der Waals surface area contributed by atoms with Crippen molar-refractivity contribution in [2.75, 3.05) is 5.32 Å². The van der Waals surface area contributed by atoms with E-state index in [9.17, 15) is 26.3 Å². The Bertz CT molecular complexity index is 1680. The standard InChI is InChI=1S/C29H19F6N3/c1-16(36-20-11-9-19(30)10-12-20)23-15-18(8-13-24(23)29(33,34)35)21-6-4-14-38-27(21)17(2)37-28(38)22-5-3-7-25(31)26(22)32/h3-15,36H,1H2,2H3. The first kappa shape index (κ1) is 25.1. The van der Waals surface area contributed by atoms with Crippen LogP contribution in [0.15, 0.2) is 85.6 Å². The number of imidazole rings is 1. The van der Waals surface area contributed by atoms with Gasteiger partial charge in [-0.25, -0.2) is 18.2 Å². The Labute approximate surface area is 213 Å². The zero-order valence-electron chi connectivity index (χ0n) is 19.9. The Morgan fingerprint density at radius 1 is 0.895 bits per heavy atom. The Kier molecular flexibility index (Phi) is 6.22. The number of nitrogens with zero attached hydrogens (tertiary/aromatic N) is 2. The number of benzene rings is 3. The fraction of sp³-hybridized carbons (Fsp3) is 0.0690. The highest BCUT2D eigenvalue weighted by Crippen LogP contribution is 2.39. The Balaban J connectivity index is 1.65. The van der Waals surface area contributed by atoms with E-state index in [0.29, 0.717) is 28.0 Å². The van der Waals surface area contributed by atoms with Crippen LogP contribution in [-0.2, 0) is 6.18 Å². The number of halogens is 6. The number of aromatic nitrogens is 2. The van der Waals surface area contributed by atoms with Crippen molar-refractivity contribution in [1.29, 1.82) is 0 Å². The van der Waals surface area contributed by atoms with E-state index in [1.54, 1.807) is 29.7 Å². The summed E-state index contributed by atoms with van der Waals surface area (Å²) in [5.41, 5.74) is 1.14. The van der Waals surface area contributed by atoms with Crippen LogP contribution < -0.4 is 5.32 Å². The molecule has 3 nitrogen and oxygen atoms in total. The van der Waals surface area contributed by atoms with Gasteiger partial charge in [0.1, 0.15) is 11.6 Å². The predicted molar refractivity (Wildman–Crippen MR) is 135 cm³/mol. The Morgan fingerprint density at radius 2 is 1.61 bits per heavy atom. The molecule has 2 aromatic heterocycles. The molecule has 0 atom stereocenters. The first-order valence-electron chi connectivity index (χ1n) is 11.4. The van der Waals surface area contributed by atoms with Crippen LogP contribution in [0.4, 0.5) is 32.0 Å². The lowest BCUT2D eigenvalue weighted by Crippen LogP contribution is -2.11. The molecule has 3 aromatic carbocycles. The van der Waals surface area contributed by atoms with E-state index >= 15 is 0 Å². The van der Waals surface area contributed by atoms with E-state index < -0.39 is 29.2 Å². The van der Waals surface area contributed by atoms with Gasteiger partial charge in [-0.2, -0.15) is 13.2 Å². The first-order valence-corrected chi connectivity index (χ1v) is 11.4. The van der Waals surface area contributed by atoms with Gasteiger partial charge in [-0.15, -0.1) is 0 Å². The minimum Gasteiger partial charge on any atom is -0.356 e. The van der Waals surface area contributed by atoms with Gasteiger partial charge in [-0.3, -0.25) is 4.40 Å². The maximum Gasteiger partial charge on any atom is 0.417 e. The quantitative estimate of drug-likeness (QED) is 0.234. The molecule has 0 saturated heterocycles. The van der Waals surface area contributed by atoms with E-state index in [0.717, 1.165) is 12.1 Å². The largest absolute Gasteiger partial charge is 0.417 e. The molecule has 0 aliphatic rings. The van der Waals surface area contributed by atoms with Crippen molar-refractivity contribution in [3.05, 3.63) is 120 Å². The summed E-state index contributed by atoms with van der Waals surface area (Å²) in [6, 6.07) is 15.9. The van der Waals surface area contributed by atoms with Crippen molar-refractivity contribution in [2.45, 2.75) is 13.1 Å². The second-order valence-corrected chi connectivity index (χ2v) is 8.63. The van der Waals surface area contributed by atoms with Gasteiger partial charge in [0, 0.05) is 28.7 Å². The number of nitrogens with one attached hydrogen (secondary N) is 1. The van der Waals surface area contributed by atoms with Gasteiger partial charge in [0.15, 0.2) is 11.6 Å². The number of aryl methyl sites for hydroxylation is 1. The summed E-state index contributed by atoms with van der Waals surface area (Å²) in [4.78, 5) is 4.44. The molecule has 192 valence electrons. The molecule has 0 bridgehead atoms. The smallest absolute Gasteiger partial charge is 0.356 e. The summed E-state index contributed by atoms with van der Waals surface area (Å²) in [5.74, 6) is -2.40. The molecule has 0 amide bonds. The summed E-state index contributed by atoms with van der Waals surface area (Å²) in [5, 5.41) is 2.81. The van der Waals surface area contributed by atoms with E-state index in [1.165, 1.54) is 48.5 Å². The minimum absolute atomic E-state index is 0.0366. The second-order valence-electron chi connectivity index (χ2n) is 8.63. The van der Waals surface area contributed by atoms with Crippen LogP contribution in [0.1, 0.15) is 16.8 Å². The summed E-state index contributed by atoms with van der Waals surface area (Å²) in [6.45, 7) is 5.47. The number of fused-ring (bicyclic) bond motifs is 1. The normalized spacial score (nSPS) is 11.7. The zero-order valence-corrected chi connectivity index (χ0v) is 19.9. The molecule has 0 aliphatic carbocycles. The number of hydrogen-bond donors (Lipinski definition) is 1. The van der Waals surface area contributed by atoms with Crippen LogP contribution in [0.5, 0.6) is 0 Å². The molecule has 0 saturated carbocycles. The van der Waals surface area contributed by atoms with E-state index in [1.807, 2.05) is 0 Å². The van der Waals surface area contributed by atoms with Gasteiger partial charge in [-0.05, 0) is 67.1 Å². The number of hydrogen-bond acceptors (Lipinski definition) is 2. The van der Waals surface area contributed by atoms with Crippen LogP contribution in [0, 0.1) is 24.4 Å². The lowest BCUT2D eigenvalue weighted by Gasteiger charge is -2.18. The number of anilines is 1. The average Bonchev–Trinajstić information content (AvgIpc) is 3.22. The monoisotopic (exact) mass is 523 g/mol. The molecule has 0 unspecified atom stereocenters. The fourth-order valence-corrected chi connectivity index (χ4v) is 4.40. The highest BCUT2D eigenvalue weighted by Gasteiger charge is 2.34. The minimum atomic E-state index is -4.66. The molecule has 0 radical (unpaired) electrons. The zero-order chi connectivity index (χ0) is 27.2. The summed E-state index contributed by atoms with van der Waals surface area (Å²) in [7, 11) is 0. The molecule has 0 fully saturated rings. The highest BCUT2D eigenvalue weighted by molar-refractivity contribution is 5.87. The van der Waals surface area contributed by atoms with Gasteiger partial charge in [0.05, 0.1) is 22.3 Å². The highest BCUT2D eigenvalue weighted by atomic mass is 19.4. The van der Waals surface area contributed by atoms with E-state index in [2.05, 4.69) is 16.9 Å². The molecule has 38 heavy (non-hydrogen) atoms. The third-order valence-corrected chi connectivity index (χ3v) is 6.13. The van der Waals surface area contributed by atoms with Gasteiger partial charge in [0.2, 0.25) is 0 Å². The molecular weight excluding hydrogens is 504 g/mol. The van der Waals surface area contributed by atoms with Gasteiger partial charge in [0.25, 0.3) is 0 Å². The summed E-state index contributed by atoms with van der Waals surface area (Å²) >= 11 is 0. The third kappa shape index (κ3) is 4.51. The van der Waals surface area contributed by atoms with Crippen LogP contribution in [0.25, 0.3) is 33.7 Å². The maximum absolute atomic E-state index is 14.6. The number of alkyl halides is 3. The van der Waals surface area contributed by atoms with Gasteiger partial charge >= 0.3 is 6.18 Å². The van der Waals surface area contributed by atoms with Crippen molar-refractivity contribution in [3.8, 4) is 22.5 Å². The molecule has 2 heterocycles. The molecule has 5 aromatic rings. The fourth-order valence-electron chi connectivity index (χ4n) is 4.40. The topological polar surface area (TPSA) is 29.3 Å². The number of rotatable bonds is 5. The SMILES string of the molecule is C=C(Nc1ccc(F)cc1)c1cc(-c2cccn3c(-c4cccc(F)c4F)nc(C)c23)ccc1C(F)(F)F. The van der Waals surface area contributed by atoms with Crippen LogP contribution in [0.2, 0.25) is 0 Å². The Morgan fingerprint density at radius 3 is 2.32 bits per heavy atom. The van der Waals surface area contributed by atoms with Gasteiger partial charge in [-0.1, -0.05) is 24.8 Å². The predicted octanol–water partition coefficient (Wildman–Crippen LogP) is 8.50. The van der Waals surface area contributed by atoms with Crippen molar-refractivity contribution < 1.29 is 26.3 Å². The molecule has 5 rings (SSSR count). The van der Waals surface area contributed by atoms with E-state index in [4.69, 9.17) is 0 Å². The molecule has 9 heteroatoms. The number of pyridine rings is 1. The lowest BCUT2D eigenvalue weighted by atomic mass is 9.96. The summed E-state index contributed by atoms with van der Waals surface area (Å²) in [6.07, 6.45) is -3.04. The van der Waals surface area contributed by atoms with Crippen LogP contribution >= 0.6 is 0 Å². The summed E-state index contributed by atoms with van der Waals surface area (Å²) < 4.78 is 85.1. The first-order chi connectivity index (χ1) is 18.0. The van der Waals surface area contributed by atoms with Crippen LogP contribution in [0.3, 0.4) is 0 Å². The van der Waals surface area contributed by atoms with Crippen molar-refractivity contribution in [3.63, 3.8) is 0 Å². The molecular formula is C29H19F6N3. The van der Waals surface area contributed by atoms with Crippen molar-refractivity contribution in [2.24, 2.45) is 0 Å². The third-order valence-electron chi connectivity index (χ3n) is 6.13. The van der Waals surface area contributed by atoms with Gasteiger partial charge < -0.3 is 5.32 Å². The van der Waals surface area contributed by atoms with Crippen molar-refractivity contribution >= 4 is 16.9 Å². The molecule has 0 aliphatic heterocycles. The second kappa shape index (κ2) is 9.41. The molecule has 1 N–H and O–H groups in total. The molecule has 0 spiro atoms. The van der Waals surface area contributed by atoms with Crippen molar-refractivity contribution in [1.82, 2.24) is 9.38 Å². The average molecular weight is 523 g/mol. The lowest BCUT2D eigenvalue weighted by molar-refractivity contribution is -0.137.